The summed E-state index contributed by atoms with van der Waals surface area (Å²) in [6, 6.07) is 11.1. The zero-order chi connectivity index (χ0) is 28.2. The lowest BCUT2D eigenvalue weighted by molar-refractivity contribution is 0.143. The number of halogens is 1. The van der Waals surface area contributed by atoms with Gasteiger partial charge in [-0.25, -0.2) is 9.18 Å². The van der Waals surface area contributed by atoms with Gasteiger partial charge in [-0.05, 0) is 54.5 Å². The third-order valence-corrected chi connectivity index (χ3v) is 10.9. The highest BCUT2D eigenvalue weighted by molar-refractivity contribution is 7.99. The van der Waals surface area contributed by atoms with Gasteiger partial charge in [-0.15, -0.1) is 0 Å². The second kappa shape index (κ2) is 13.0. The van der Waals surface area contributed by atoms with E-state index >= 15 is 0 Å². The minimum atomic E-state index is -4.72. The van der Waals surface area contributed by atoms with E-state index in [1.807, 2.05) is 16.7 Å². The fraction of sp³-hybridized carbons (Fsp3) is 0.391. The Hall–Kier alpha value is -2.18. The number of nitrogens with one attached hydrogen (secondary N) is 2. The molecule has 5 N–H and O–H groups in total. The fourth-order valence-electron chi connectivity index (χ4n) is 4.24. The number of hydrogen-bond acceptors (Lipinski definition) is 7. The average Bonchev–Trinajstić information content (AvgIpc) is 3.27. The number of anilines is 3. The number of carbonyl (C=O) groups excluding carboxylic acids is 1. The second-order valence-corrected chi connectivity index (χ2v) is 14.3. The van der Waals surface area contributed by atoms with E-state index < -0.39 is 33.2 Å². The third kappa shape index (κ3) is 7.94. The summed E-state index contributed by atoms with van der Waals surface area (Å²) in [6.45, 7) is 1.99. The van der Waals surface area contributed by atoms with Crippen molar-refractivity contribution < 1.29 is 37.7 Å². The Kier molecular flexibility index (Phi) is 9.92. The van der Waals surface area contributed by atoms with Crippen LogP contribution in [0.3, 0.4) is 0 Å². The third-order valence-electron chi connectivity index (χ3n) is 6.29. The van der Waals surface area contributed by atoms with E-state index in [-0.39, 0.29) is 30.4 Å². The number of nitrogens with zero attached hydrogens (tertiary/aromatic N) is 2. The van der Waals surface area contributed by atoms with Crippen molar-refractivity contribution in [1.82, 2.24) is 5.32 Å². The van der Waals surface area contributed by atoms with Crippen molar-refractivity contribution in [2.75, 3.05) is 52.8 Å². The predicted octanol–water partition coefficient (Wildman–Crippen LogP) is 3.20. The molecule has 0 aromatic heterocycles. The van der Waals surface area contributed by atoms with Gasteiger partial charge in [0, 0.05) is 30.3 Å². The Morgan fingerprint density at radius 1 is 1.23 bits per heavy atom. The van der Waals surface area contributed by atoms with E-state index in [1.54, 1.807) is 36.4 Å². The molecule has 2 fully saturated rings. The first kappa shape index (κ1) is 29.8. The molecule has 1 amide bonds. The number of cyclic esters (lactones) is 1. The van der Waals surface area contributed by atoms with Crippen LogP contribution in [0.4, 0.5) is 26.2 Å². The first-order valence-corrected chi connectivity index (χ1v) is 16.7. The van der Waals surface area contributed by atoms with Crippen molar-refractivity contribution in [3.63, 3.8) is 0 Å². The van der Waals surface area contributed by atoms with Crippen LogP contribution in [0, 0.1) is 5.82 Å². The average molecular weight is 619 g/mol. The molecule has 39 heavy (non-hydrogen) atoms. The Morgan fingerprint density at radius 2 is 1.92 bits per heavy atom. The standard InChI is InChI=1S/C23H29FN4O7P2S2/c24-19-12-17(5-6-20(19)27-7-9-39-10-8-27)28-14-18(35-23(28)29)13-25-22(38)26-16-3-1-15(2-4-16)11-21(36(30)31)37(32,33)34/h1-6,12,18,21,36H,7-11,13-14H2,(H,30,31)(H2,25,26,38)(H2,32,33,34)/t18-,21?/m0/s1. The molecule has 3 atom stereocenters. The number of thioether (sulfide) groups is 1. The summed E-state index contributed by atoms with van der Waals surface area (Å²) in [5, 5.41) is 4.53. The molecule has 0 radical (unpaired) electrons. The highest BCUT2D eigenvalue weighted by Crippen LogP contribution is 2.53. The minimum Gasteiger partial charge on any atom is -0.442 e. The number of amides is 1. The summed E-state index contributed by atoms with van der Waals surface area (Å²) in [6.07, 6.45) is -1.33. The normalized spacial score (nSPS) is 19.4. The Bertz CT molecular complexity index is 1280. The number of benzene rings is 2. The fourth-order valence-corrected chi connectivity index (χ4v) is 7.36. The molecule has 0 bridgehead atoms. The molecular weight excluding hydrogens is 589 g/mol. The van der Waals surface area contributed by atoms with Crippen molar-refractivity contribution in [2.45, 2.75) is 17.9 Å². The van der Waals surface area contributed by atoms with Crippen molar-refractivity contribution >= 4 is 67.9 Å². The Labute approximate surface area is 235 Å². The van der Waals surface area contributed by atoms with E-state index in [0.717, 1.165) is 24.6 Å². The summed E-state index contributed by atoms with van der Waals surface area (Å²) in [5.41, 5.74) is 2.01. The predicted molar refractivity (Wildman–Crippen MR) is 155 cm³/mol. The number of ether oxygens (including phenoxy) is 1. The molecule has 11 nitrogen and oxygen atoms in total. The molecule has 4 rings (SSSR count). The van der Waals surface area contributed by atoms with Crippen LogP contribution in [0.25, 0.3) is 0 Å². The molecule has 212 valence electrons. The molecule has 2 aromatic rings. The first-order chi connectivity index (χ1) is 18.5. The second-order valence-electron chi connectivity index (χ2n) is 9.03. The van der Waals surface area contributed by atoms with Gasteiger partial charge >= 0.3 is 13.7 Å². The molecule has 2 aliphatic rings. The van der Waals surface area contributed by atoms with Gasteiger partial charge < -0.3 is 35.0 Å². The lowest BCUT2D eigenvalue weighted by atomic mass is 10.1. The molecule has 2 aliphatic heterocycles. The summed E-state index contributed by atoms with van der Waals surface area (Å²) >= 11 is 7.14. The van der Waals surface area contributed by atoms with Gasteiger partial charge in [-0.2, -0.15) is 11.8 Å². The maximum absolute atomic E-state index is 14.8. The molecule has 2 heterocycles. The molecular formula is C23H29FN4O7P2S2. The summed E-state index contributed by atoms with van der Waals surface area (Å²) < 4.78 is 43.0. The van der Waals surface area contributed by atoms with E-state index in [2.05, 4.69) is 10.6 Å². The minimum absolute atomic E-state index is 0.215. The zero-order valence-corrected chi connectivity index (χ0v) is 24.2. The molecule has 0 saturated carbocycles. The lowest BCUT2D eigenvalue weighted by Crippen LogP contribution is -2.37. The number of carbonyl (C=O) groups is 1. The number of rotatable bonds is 9. The van der Waals surface area contributed by atoms with Gasteiger partial charge in [-0.1, -0.05) is 12.1 Å². The van der Waals surface area contributed by atoms with Crippen molar-refractivity contribution in [3.8, 4) is 0 Å². The van der Waals surface area contributed by atoms with Crippen LogP contribution in [0.1, 0.15) is 5.56 Å². The quantitative estimate of drug-likeness (QED) is 0.207. The number of hydrogen-bond donors (Lipinski definition) is 5. The summed E-state index contributed by atoms with van der Waals surface area (Å²) in [7, 11) is -8.14. The largest absolute Gasteiger partial charge is 0.442 e. The van der Waals surface area contributed by atoms with Crippen molar-refractivity contribution in [2.24, 2.45) is 0 Å². The maximum atomic E-state index is 14.8. The lowest BCUT2D eigenvalue weighted by Gasteiger charge is -2.29. The Morgan fingerprint density at radius 3 is 2.54 bits per heavy atom. The monoisotopic (exact) mass is 618 g/mol. The number of thiocarbonyl (C=S) groups is 1. The van der Waals surface area contributed by atoms with Crippen LogP contribution >= 0.6 is 39.6 Å². The summed E-state index contributed by atoms with van der Waals surface area (Å²) in [4.78, 5) is 43.7. The van der Waals surface area contributed by atoms with Crippen molar-refractivity contribution in [3.05, 3.63) is 53.8 Å². The Balaban J connectivity index is 1.27. The van der Waals surface area contributed by atoms with Crippen LogP contribution in [0.2, 0.25) is 0 Å². The van der Waals surface area contributed by atoms with E-state index in [1.165, 1.54) is 11.0 Å². The van der Waals surface area contributed by atoms with Gasteiger partial charge in [0.2, 0.25) is 8.03 Å². The van der Waals surface area contributed by atoms with Crippen LogP contribution < -0.4 is 20.4 Å². The smallest absolute Gasteiger partial charge is 0.414 e. The highest BCUT2D eigenvalue weighted by atomic mass is 32.2. The molecule has 2 saturated heterocycles. The van der Waals surface area contributed by atoms with Gasteiger partial charge in [0.15, 0.2) is 5.11 Å². The molecule has 0 aliphatic carbocycles. The van der Waals surface area contributed by atoms with Gasteiger partial charge in [-0.3, -0.25) is 14.0 Å². The van der Waals surface area contributed by atoms with E-state index in [9.17, 15) is 33.0 Å². The highest BCUT2D eigenvalue weighted by Gasteiger charge is 2.34. The zero-order valence-electron chi connectivity index (χ0n) is 20.7. The van der Waals surface area contributed by atoms with E-state index in [4.69, 9.17) is 17.0 Å². The SMILES string of the molecule is O=C1O[C@@H](CNC(=S)Nc2ccc(CC([PH](=O)O)P(=O)(O)O)cc2)CN1c1ccc(N2CCSCC2)c(F)c1. The van der Waals surface area contributed by atoms with Crippen LogP contribution in [-0.4, -0.2) is 75.1 Å². The van der Waals surface area contributed by atoms with Gasteiger partial charge in [0.1, 0.15) is 17.3 Å². The topological polar surface area (TPSA) is 152 Å². The van der Waals surface area contributed by atoms with Gasteiger partial charge in [0.05, 0.1) is 24.5 Å². The first-order valence-electron chi connectivity index (χ1n) is 12.0. The maximum Gasteiger partial charge on any atom is 0.414 e. The van der Waals surface area contributed by atoms with Crippen molar-refractivity contribution in [1.29, 1.82) is 0 Å². The van der Waals surface area contributed by atoms with Gasteiger partial charge in [0.25, 0.3) is 0 Å². The van der Waals surface area contributed by atoms with Crippen LogP contribution in [0.15, 0.2) is 42.5 Å². The van der Waals surface area contributed by atoms with Crippen LogP contribution in [-0.2, 0) is 20.3 Å². The van der Waals surface area contributed by atoms with Crippen LogP contribution in [0.5, 0.6) is 0 Å². The molecule has 2 aromatic carbocycles. The molecule has 0 spiro atoms. The summed E-state index contributed by atoms with van der Waals surface area (Å²) in [5.74, 6) is 1.52. The van der Waals surface area contributed by atoms with E-state index in [0.29, 0.717) is 22.6 Å². The molecule has 16 heteroatoms. The molecule has 2 unspecified atom stereocenters.